The summed E-state index contributed by atoms with van der Waals surface area (Å²) < 4.78 is 0.826. The second kappa shape index (κ2) is 7.05. The van der Waals surface area contributed by atoms with Gasteiger partial charge in [-0.2, -0.15) is 0 Å². The molecule has 102 valence electrons. The van der Waals surface area contributed by atoms with E-state index in [0.717, 1.165) is 28.7 Å². The molecular formula is C13H14ClNO2S2. The van der Waals surface area contributed by atoms with E-state index in [4.69, 9.17) is 16.7 Å². The molecule has 2 heterocycles. The Morgan fingerprint density at radius 2 is 1.89 bits per heavy atom. The highest BCUT2D eigenvalue weighted by Crippen LogP contribution is 2.21. The Labute approximate surface area is 124 Å². The van der Waals surface area contributed by atoms with Gasteiger partial charge >= 0.3 is 5.97 Å². The number of carboxylic acid groups (broad SMARTS) is 1. The molecule has 0 unspecified atom stereocenters. The maximum atomic E-state index is 10.6. The van der Waals surface area contributed by atoms with Crippen LogP contribution in [0.3, 0.4) is 0 Å². The zero-order chi connectivity index (χ0) is 13.7. The van der Waals surface area contributed by atoms with Crippen LogP contribution in [0.2, 0.25) is 4.34 Å². The minimum Gasteiger partial charge on any atom is -0.481 e. The van der Waals surface area contributed by atoms with Crippen LogP contribution in [0, 0.1) is 0 Å². The standard InChI is InChI=1S/C13H14ClNO2S2/c14-12-4-3-9(19-12)5-6-15-8-11-2-1-10(18-11)7-13(16)17/h1-4,15H,5-8H2,(H,16,17). The Kier molecular flexibility index (Phi) is 5.39. The lowest BCUT2D eigenvalue weighted by Gasteiger charge is -2.01. The van der Waals surface area contributed by atoms with Gasteiger partial charge < -0.3 is 10.4 Å². The average Bonchev–Trinajstić information content (AvgIpc) is 2.94. The van der Waals surface area contributed by atoms with Crippen molar-refractivity contribution in [3.8, 4) is 0 Å². The molecule has 0 amide bonds. The number of nitrogens with one attached hydrogen (secondary N) is 1. The third-order valence-corrected chi connectivity index (χ3v) is 4.90. The first-order chi connectivity index (χ1) is 9.13. The van der Waals surface area contributed by atoms with Crippen molar-refractivity contribution >= 4 is 40.2 Å². The molecule has 19 heavy (non-hydrogen) atoms. The van der Waals surface area contributed by atoms with E-state index >= 15 is 0 Å². The fourth-order valence-corrected chi connectivity index (χ4v) is 3.74. The predicted molar refractivity (Wildman–Crippen MR) is 80.4 cm³/mol. The number of hydrogen-bond acceptors (Lipinski definition) is 4. The van der Waals surface area contributed by atoms with E-state index in [0.29, 0.717) is 0 Å². The fraction of sp³-hybridized carbons (Fsp3) is 0.308. The summed E-state index contributed by atoms with van der Waals surface area (Å²) in [4.78, 5) is 13.9. The summed E-state index contributed by atoms with van der Waals surface area (Å²) in [5.41, 5.74) is 0. The largest absolute Gasteiger partial charge is 0.481 e. The van der Waals surface area contributed by atoms with E-state index < -0.39 is 5.97 Å². The number of rotatable bonds is 7. The number of hydrogen-bond donors (Lipinski definition) is 2. The molecule has 0 spiro atoms. The van der Waals surface area contributed by atoms with Crippen molar-refractivity contribution in [2.75, 3.05) is 6.54 Å². The van der Waals surface area contributed by atoms with E-state index in [-0.39, 0.29) is 6.42 Å². The highest BCUT2D eigenvalue weighted by atomic mass is 35.5. The quantitative estimate of drug-likeness (QED) is 0.770. The molecule has 2 aromatic heterocycles. The van der Waals surface area contributed by atoms with Gasteiger partial charge in [0.05, 0.1) is 10.8 Å². The summed E-state index contributed by atoms with van der Waals surface area (Å²) in [5, 5.41) is 12.1. The van der Waals surface area contributed by atoms with Crippen molar-refractivity contribution in [1.29, 1.82) is 0 Å². The summed E-state index contributed by atoms with van der Waals surface area (Å²) in [5.74, 6) is -0.782. The van der Waals surface area contributed by atoms with Crippen LogP contribution >= 0.6 is 34.3 Å². The van der Waals surface area contributed by atoms with Crippen molar-refractivity contribution in [2.24, 2.45) is 0 Å². The lowest BCUT2D eigenvalue weighted by Crippen LogP contribution is -2.15. The molecule has 0 aliphatic heterocycles. The molecule has 0 saturated carbocycles. The Morgan fingerprint density at radius 3 is 2.58 bits per heavy atom. The number of carboxylic acids is 1. The van der Waals surface area contributed by atoms with Crippen molar-refractivity contribution in [3.05, 3.63) is 43.2 Å². The minimum atomic E-state index is -0.782. The SMILES string of the molecule is O=C(O)Cc1ccc(CNCCc2ccc(Cl)s2)s1. The topological polar surface area (TPSA) is 49.3 Å². The van der Waals surface area contributed by atoms with Crippen LogP contribution in [-0.2, 0) is 24.2 Å². The molecule has 0 fully saturated rings. The number of halogens is 1. The van der Waals surface area contributed by atoms with Gasteiger partial charge in [-0.05, 0) is 30.7 Å². The zero-order valence-electron chi connectivity index (χ0n) is 10.2. The van der Waals surface area contributed by atoms with Gasteiger partial charge in [-0.1, -0.05) is 11.6 Å². The van der Waals surface area contributed by atoms with Crippen molar-refractivity contribution < 1.29 is 9.90 Å². The highest BCUT2D eigenvalue weighted by molar-refractivity contribution is 7.16. The molecule has 0 bridgehead atoms. The molecule has 0 atom stereocenters. The van der Waals surface area contributed by atoms with Crippen LogP contribution < -0.4 is 5.32 Å². The van der Waals surface area contributed by atoms with Gasteiger partial charge in [-0.3, -0.25) is 4.79 Å². The van der Waals surface area contributed by atoms with Gasteiger partial charge in [0.1, 0.15) is 0 Å². The second-order valence-electron chi connectivity index (χ2n) is 4.07. The van der Waals surface area contributed by atoms with Gasteiger partial charge in [0.15, 0.2) is 0 Å². The van der Waals surface area contributed by atoms with Crippen molar-refractivity contribution in [1.82, 2.24) is 5.32 Å². The Balaban J connectivity index is 1.70. The molecule has 0 aromatic carbocycles. The second-order valence-corrected chi connectivity index (χ2v) is 7.12. The lowest BCUT2D eigenvalue weighted by molar-refractivity contribution is -0.136. The molecule has 2 aromatic rings. The third kappa shape index (κ3) is 4.95. The maximum absolute atomic E-state index is 10.6. The molecule has 0 aliphatic carbocycles. The van der Waals surface area contributed by atoms with Gasteiger partial charge in [0.25, 0.3) is 0 Å². The van der Waals surface area contributed by atoms with E-state index in [1.165, 1.54) is 9.75 Å². The molecule has 0 radical (unpaired) electrons. The van der Waals surface area contributed by atoms with Crippen LogP contribution in [0.4, 0.5) is 0 Å². The van der Waals surface area contributed by atoms with Crippen LogP contribution in [-0.4, -0.2) is 17.6 Å². The summed E-state index contributed by atoms with van der Waals surface area (Å²) in [6, 6.07) is 7.83. The Bertz CT molecular complexity index is 550. The predicted octanol–water partition coefficient (Wildman–Crippen LogP) is 3.42. The first kappa shape index (κ1) is 14.5. The Morgan fingerprint density at radius 1 is 1.16 bits per heavy atom. The van der Waals surface area contributed by atoms with Crippen LogP contribution in [0.25, 0.3) is 0 Å². The van der Waals surface area contributed by atoms with Gasteiger partial charge in [0, 0.05) is 27.7 Å². The molecule has 2 N–H and O–H groups in total. The third-order valence-electron chi connectivity index (χ3n) is 2.52. The zero-order valence-corrected chi connectivity index (χ0v) is 12.6. The van der Waals surface area contributed by atoms with Crippen molar-refractivity contribution in [3.63, 3.8) is 0 Å². The smallest absolute Gasteiger partial charge is 0.308 e. The fourth-order valence-electron chi connectivity index (χ4n) is 1.67. The van der Waals surface area contributed by atoms with Gasteiger partial charge in [-0.15, -0.1) is 22.7 Å². The molecule has 6 heteroatoms. The summed E-state index contributed by atoms with van der Waals surface area (Å²) in [6.45, 7) is 1.67. The lowest BCUT2D eigenvalue weighted by atomic mass is 10.3. The van der Waals surface area contributed by atoms with Crippen LogP contribution in [0.1, 0.15) is 14.6 Å². The van der Waals surface area contributed by atoms with E-state index in [2.05, 4.69) is 5.32 Å². The maximum Gasteiger partial charge on any atom is 0.308 e. The minimum absolute atomic E-state index is 0.109. The highest BCUT2D eigenvalue weighted by Gasteiger charge is 2.04. The molecule has 0 saturated heterocycles. The molecular weight excluding hydrogens is 302 g/mol. The van der Waals surface area contributed by atoms with E-state index in [1.807, 2.05) is 24.3 Å². The summed E-state index contributed by atoms with van der Waals surface area (Å²) >= 11 is 9.02. The normalized spacial score (nSPS) is 10.8. The van der Waals surface area contributed by atoms with Crippen LogP contribution in [0.15, 0.2) is 24.3 Å². The molecule has 3 nitrogen and oxygen atoms in total. The van der Waals surface area contributed by atoms with Crippen molar-refractivity contribution in [2.45, 2.75) is 19.4 Å². The molecule has 0 aliphatic rings. The number of carbonyl (C=O) groups is 1. The first-order valence-electron chi connectivity index (χ1n) is 5.88. The van der Waals surface area contributed by atoms with Crippen LogP contribution in [0.5, 0.6) is 0 Å². The Hall–Kier alpha value is -0.880. The summed E-state index contributed by atoms with van der Waals surface area (Å²) in [7, 11) is 0. The molecule has 2 rings (SSSR count). The monoisotopic (exact) mass is 315 g/mol. The van der Waals surface area contributed by atoms with Gasteiger partial charge in [0.2, 0.25) is 0 Å². The first-order valence-corrected chi connectivity index (χ1v) is 7.89. The summed E-state index contributed by atoms with van der Waals surface area (Å²) in [6.07, 6.45) is 1.07. The van der Waals surface area contributed by atoms with E-state index in [9.17, 15) is 4.79 Å². The van der Waals surface area contributed by atoms with E-state index in [1.54, 1.807) is 22.7 Å². The average molecular weight is 316 g/mol. The van der Waals surface area contributed by atoms with Gasteiger partial charge in [-0.25, -0.2) is 0 Å². The number of thiophene rings is 2. The number of aliphatic carboxylic acids is 1.